The molecular weight excluding hydrogens is 325 g/mol. The van der Waals surface area contributed by atoms with Crippen LogP contribution in [-0.2, 0) is 21.2 Å². The highest BCUT2D eigenvalue weighted by Gasteiger charge is 2.29. The molecule has 1 aliphatic heterocycles. The summed E-state index contributed by atoms with van der Waals surface area (Å²) in [5, 5.41) is 0.0156. The highest BCUT2D eigenvalue weighted by atomic mass is 32.2. The van der Waals surface area contributed by atoms with Crippen LogP contribution in [0.15, 0.2) is 24.3 Å². The van der Waals surface area contributed by atoms with Gasteiger partial charge in [-0.25, -0.2) is 12.8 Å². The van der Waals surface area contributed by atoms with Gasteiger partial charge in [-0.05, 0) is 31.0 Å². The number of hydrogen-bond donors (Lipinski definition) is 0. The molecule has 0 radical (unpaired) electrons. The molecule has 0 aromatic heterocycles. The van der Waals surface area contributed by atoms with E-state index in [1.807, 2.05) is 6.92 Å². The lowest BCUT2D eigenvalue weighted by molar-refractivity contribution is -0.128. The Labute approximate surface area is 135 Å². The molecule has 1 unspecified atom stereocenters. The van der Waals surface area contributed by atoms with E-state index in [1.54, 1.807) is 17.0 Å². The molecule has 1 atom stereocenters. The standard InChI is InChI=1S/C15H20FNO3S2/c1-2-17(9-12-4-3-5-13(16)8-12)15(18)10-21-14-6-7-22(19,20)11-14/h3-5,8,14H,2,6-7,9-11H2,1H3. The van der Waals surface area contributed by atoms with Gasteiger partial charge in [-0.15, -0.1) is 11.8 Å². The van der Waals surface area contributed by atoms with Crippen molar-refractivity contribution in [3.8, 4) is 0 Å². The molecule has 1 heterocycles. The highest BCUT2D eigenvalue weighted by Crippen LogP contribution is 2.24. The minimum atomic E-state index is -2.91. The second-order valence-corrected chi connectivity index (χ2v) is 8.89. The van der Waals surface area contributed by atoms with Gasteiger partial charge in [0.05, 0.1) is 17.3 Å². The second-order valence-electron chi connectivity index (χ2n) is 5.37. The van der Waals surface area contributed by atoms with Crippen LogP contribution in [0.5, 0.6) is 0 Å². The molecule has 4 nitrogen and oxygen atoms in total. The smallest absolute Gasteiger partial charge is 0.232 e. The Morgan fingerprint density at radius 2 is 2.23 bits per heavy atom. The summed E-state index contributed by atoms with van der Waals surface area (Å²) in [4.78, 5) is 13.9. The molecule has 122 valence electrons. The van der Waals surface area contributed by atoms with E-state index in [-0.39, 0.29) is 34.2 Å². The lowest BCUT2D eigenvalue weighted by Crippen LogP contribution is -2.32. The van der Waals surface area contributed by atoms with Crippen molar-refractivity contribution in [3.63, 3.8) is 0 Å². The van der Waals surface area contributed by atoms with E-state index < -0.39 is 9.84 Å². The molecule has 2 rings (SSSR count). The van der Waals surface area contributed by atoms with E-state index in [9.17, 15) is 17.6 Å². The van der Waals surface area contributed by atoms with Crippen LogP contribution in [0.1, 0.15) is 18.9 Å². The van der Waals surface area contributed by atoms with Crippen LogP contribution in [-0.4, -0.2) is 48.3 Å². The first-order valence-corrected chi connectivity index (χ1v) is 10.1. The van der Waals surface area contributed by atoms with E-state index in [0.717, 1.165) is 5.56 Å². The topological polar surface area (TPSA) is 54.5 Å². The number of sulfone groups is 1. The molecule has 0 N–H and O–H groups in total. The summed E-state index contributed by atoms with van der Waals surface area (Å²) in [6.45, 7) is 2.79. The van der Waals surface area contributed by atoms with Gasteiger partial charge in [0.1, 0.15) is 5.82 Å². The third-order valence-electron chi connectivity index (χ3n) is 3.63. The van der Waals surface area contributed by atoms with Gasteiger partial charge in [-0.1, -0.05) is 12.1 Å². The maximum Gasteiger partial charge on any atom is 0.232 e. The quantitative estimate of drug-likeness (QED) is 0.792. The van der Waals surface area contributed by atoms with Crippen LogP contribution >= 0.6 is 11.8 Å². The first-order chi connectivity index (χ1) is 10.4. The van der Waals surface area contributed by atoms with Crippen LogP contribution in [0, 0.1) is 5.82 Å². The summed E-state index contributed by atoms with van der Waals surface area (Å²) in [5.41, 5.74) is 0.753. The van der Waals surface area contributed by atoms with Crippen LogP contribution in [0.3, 0.4) is 0 Å². The summed E-state index contributed by atoms with van der Waals surface area (Å²) >= 11 is 1.41. The van der Waals surface area contributed by atoms with Crippen molar-refractivity contribution in [2.24, 2.45) is 0 Å². The third-order valence-corrected chi connectivity index (χ3v) is 6.90. The number of carbonyl (C=O) groups is 1. The van der Waals surface area contributed by atoms with Crippen molar-refractivity contribution < 1.29 is 17.6 Å². The lowest BCUT2D eigenvalue weighted by atomic mass is 10.2. The Morgan fingerprint density at radius 1 is 1.45 bits per heavy atom. The summed E-state index contributed by atoms with van der Waals surface area (Å²) < 4.78 is 36.0. The second kappa shape index (κ2) is 7.46. The van der Waals surface area contributed by atoms with E-state index in [0.29, 0.717) is 19.5 Å². The first kappa shape index (κ1) is 17.3. The number of thioether (sulfide) groups is 1. The van der Waals surface area contributed by atoms with E-state index in [2.05, 4.69) is 0 Å². The van der Waals surface area contributed by atoms with Crippen LogP contribution in [0.25, 0.3) is 0 Å². The normalized spacial score (nSPS) is 20.0. The van der Waals surface area contributed by atoms with Crippen molar-refractivity contribution in [2.75, 3.05) is 23.8 Å². The van der Waals surface area contributed by atoms with Gasteiger partial charge in [0.15, 0.2) is 9.84 Å². The zero-order chi connectivity index (χ0) is 16.2. The molecule has 1 aromatic rings. The van der Waals surface area contributed by atoms with Crippen molar-refractivity contribution >= 4 is 27.5 Å². The number of carbonyl (C=O) groups excluding carboxylic acids is 1. The summed E-state index contributed by atoms with van der Waals surface area (Å²) in [5.74, 6) is 0.303. The number of rotatable bonds is 6. The maximum absolute atomic E-state index is 13.2. The summed E-state index contributed by atoms with van der Waals surface area (Å²) in [6, 6.07) is 6.21. The monoisotopic (exact) mass is 345 g/mol. The molecule has 0 bridgehead atoms. The van der Waals surface area contributed by atoms with Crippen molar-refractivity contribution in [1.82, 2.24) is 4.90 Å². The van der Waals surface area contributed by atoms with Gasteiger partial charge in [-0.2, -0.15) is 0 Å². The zero-order valence-corrected chi connectivity index (χ0v) is 14.1. The number of halogens is 1. The Hall–Kier alpha value is -1.08. The van der Waals surface area contributed by atoms with Crippen LogP contribution < -0.4 is 0 Å². The summed E-state index contributed by atoms with van der Waals surface area (Å²) in [6.07, 6.45) is 0.621. The van der Waals surface area contributed by atoms with Crippen molar-refractivity contribution in [3.05, 3.63) is 35.6 Å². The van der Waals surface area contributed by atoms with Gasteiger partial charge in [0, 0.05) is 18.3 Å². The summed E-state index contributed by atoms with van der Waals surface area (Å²) in [7, 11) is -2.91. The fourth-order valence-corrected chi connectivity index (χ4v) is 5.95. The molecule has 7 heteroatoms. The van der Waals surface area contributed by atoms with Gasteiger partial charge >= 0.3 is 0 Å². The Bertz CT molecular complexity index is 633. The minimum absolute atomic E-state index is 0.0156. The molecular formula is C15H20FNO3S2. The third kappa shape index (κ3) is 4.98. The highest BCUT2D eigenvalue weighted by molar-refractivity contribution is 8.02. The number of benzene rings is 1. The van der Waals surface area contributed by atoms with Crippen LogP contribution in [0.4, 0.5) is 4.39 Å². The first-order valence-electron chi connectivity index (χ1n) is 7.24. The average Bonchev–Trinajstić information content (AvgIpc) is 2.81. The van der Waals surface area contributed by atoms with E-state index in [4.69, 9.17) is 0 Å². The predicted octanol–water partition coefficient (Wildman–Crippen LogP) is 2.09. The molecule has 0 saturated carbocycles. The largest absolute Gasteiger partial charge is 0.338 e. The number of hydrogen-bond acceptors (Lipinski definition) is 4. The Kier molecular flexibility index (Phi) is 5.86. The van der Waals surface area contributed by atoms with E-state index in [1.165, 1.54) is 23.9 Å². The fourth-order valence-electron chi connectivity index (χ4n) is 2.40. The Morgan fingerprint density at radius 3 is 2.82 bits per heavy atom. The van der Waals surface area contributed by atoms with Gasteiger partial charge in [0.2, 0.25) is 5.91 Å². The minimum Gasteiger partial charge on any atom is -0.338 e. The lowest BCUT2D eigenvalue weighted by Gasteiger charge is -2.21. The van der Waals surface area contributed by atoms with Gasteiger partial charge in [0.25, 0.3) is 0 Å². The number of amides is 1. The molecule has 0 spiro atoms. The van der Waals surface area contributed by atoms with Crippen molar-refractivity contribution in [2.45, 2.75) is 25.1 Å². The molecule has 1 aromatic carbocycles. The van der Waals surface area contributed by atoms with Gasteiger partial charge in [-0.3, -0.25) is 4.79 Å². The SMILES string of the molecule is CCN(Cc1cccc(F)c1)C(=O)CSC1CCS(=O)(=O)C1. The predicted molar refractivity (Wildman–Crippen MR) is 87.0 cm³/mol. The zero-order valence-electron chi connectivity index (χ0n) is 12.5. The Balaban J connectivity index is 1.86. The molecule has 1 fully saturated rings. The fraction of sp³-hybridized carbons (Fsp3) is 0.533. The number of nitrogens with zero attached hydrogens (tertiary/aromatic N) is 1. The molecule has 0 aliphatic carbocycles. The van der Waals surface area contributed by atoms with E-state index >= 15 is 0 Å². The molecule has 22 heavy (non-hydrogen) atoms. The van der Waals surface area contributed by atoms with Crippen LogP contribution in [0.2, 0.25) is 0 Å². The molecule has 1 aliphatic rings. The average molecular weight is 345 g/mol. The van der Waals surface area contributed by atoms with Crippen molar-refractivity contribution in [1.29, 1.82) is 0 Å². The maximum atomic E-state index is 13.2. The molecule has 1 amide bonds. The molecule has 1 saturated heterocycles. The van der Waals surface area contributed by atoms with Gasteiger partial charge < -0.3 is 4.90 Å².